The van der Waals surface area contributed by atoms with E-state index < -0.39 is 0 Å². The van der Waals surface area contributed by atoms with Gasteiger partial charge in [0.2, 0.25) is 0 Å². The normalized spacial score (nSPS) is 19.7. The minimum Gasteiger partial charge on any atom is -0.395 e. The van der Waals surface area contributed by atoms with Gasteiger partial charge in [-0.25, -0.2) is 4.98 Å². The number of aliphatic hydroxyl groups is 1. The summed E-state index contributed by atoms with van der Waals surface area (Å²) in [6, 6.07) is 14.0. The van der Waals surface area contributed by atoms with Crippen molar-refractivity contribution in [2.45, 2.75) is 0 Å². The predicted octanol–water partition coefficient (Wildman–Crippen LogP) is 1.55. The van der Waals surface area contributed by atoms with E-state index in [2.05, 4.69) is 32.2 Å². The molecule has 0 aliphatic carbocycles. The number of piperazine rings is 1. The van der Waals surface area contributed by atoms with Crippen molar-refractivity contribution in [2.75, 3.05) is 51.2 Å². The molecular formula is C21H24N4O2. The number of nitrogens with one attached hydrogen (secondary N) is 1. The van der Waals surface area contributed by atoms with Crippen LogP contribution in [0.3, 0.4) is 0 Å². The Bertz CT molecular complexity index is 842. The zero-order valence-corrected chi connectivity index (χ0v) is 15.3. The number of aromatic nitrogens is 1. The number of rotatable bonds is 5. The van der Waals surface area contributed by atoms with Crippen molar-refractivity contribution in [1.82, 2.24) is 14.8 Å². The highest BCUT2D eigenvalue weighted by atomic mass is 16.3. The molecule has 6 heteroatoms. The van der Waals surface area contributed by atoms with Gasteiger partial charge in [-0.15, -0.1) is 0 Å². The van der Waals surface area contributed by atoms with Gasteiger partial charge >= 0.3 is 0 Å². The lowest BCUT2D eigenvalue weighted by molar-refractivity contribution is -0.110. The van der Waals surface area contributed by atoms with Crippen molar-refractivity contribution in [3.05, 3.63) is 59.8 Å². The molecule has 0 unspecified atom stereocenters. The maximum atomic E-state index is 12.8. The van der Waals surface area contributed by atoms with Crippen LogP contribution in [-0.2, 0) is 4.79 Å². The minimum atomic E-state index is -0.0820. The van der Waals surface area contributed by atoms with E-state index in [0.29, 0.717) is 12.4 Å². The van der Waals surface area contributed by atoms with Crippen molar-refractivity contribution in [1.29, 1.82) is 0 Å². The van der Waals surface area contributed by atoms with Crippen molar-refractivity contribution in [3.63, 3.8) is 0 Å². The number of benzene rings is 1. The third-order valence-corrected chi connectivity index (χ3v) is 5.22. The van der Waals surface area contributed by atoms with Gasteiger partial charge in [-0.3, -0.25) is 14.6 Å². The predicted molar refractivity (Wildman–Crippen MR) is 106 cm³/mol. The topological polar surface area (TPSA) is 68.7 Å². The number of hydrogen-bond acceptors (Lipinski definition) is 5. The third-order valence-electron chi connectivity index (χ3n) is 5.22. The number of β-amino-alcohol motifs (C(OH)–C–C–N with tert-alkyl or cyclic N) is 1. The minimum absolute atomic E-state index is 0.0820. The van der Waals surface area contributed by atoms with Gasteiger partial charge in [0.1, 0.15) is 5.82 Å². The van der Waals surface area contributed by atoms with Crippen LogP contribution >= 0.6 is 0 Å². The zero-order chi connectivity index (χ0) is 18.6. The second-order valence-electron chi connectivity index (χ2n) is 6.91. The molecule has 1 fully saturated rings. The van der Waals surface area contributed by atoms with Gasteiger partial charge < -0.3 is 10.4 Å². The highest BCUT2D eigenvalue weighted by molar-refractivity contribution is 6.36. The van der Waals surface area contributed by atoms with E-state index in [1.165, 1.54) is 0 Å². The molecule has 1 aromatic carbocycles. The molecule has 0 bridgehead atoms. The summed E-state index contributed by atoms with van der Waals surface area (Å²) in [6.45, 7) is 5.35. The molecule has 0 atom stereocenters. The number of carbonyl (C=O) groups excluding carboxylic acids is 1. The molecule has 1 amide bonds. The van der Waals surface area contributed by atoms with E-state index in [4.69, 9.17) is 5.11 Å². The average Bonchev–Trinajstić information content (AvgIpc) is 3.04. The Morgan fingerprint density at radius 1 is 1.04 bits per heavy atom. The number of amides is 1. The summed E-state index contributed by atoms with van der Waals surface area (Å²) in [6.07, 6.45) is 1.70. The number of carbonyl (C=O) groups is 1. The first kappa shape index (κ1) is 17.9. The van der Waals surface area contributed by atoms with Crippen LogP contribution in [0.2, 0.25) is 0 Å². The molecule has 1 aromatic heterocycles. The molecular weight excluding hydrogens is 340 g/mol. The monoisotopic (exact) mass is 364 g/mol. The van der Waals surface area contributed by atoms with Crippen LogP contribution in [0.4, 0.5) is 5.82 Å². The highest BCUT2D eigenvalue weighted by Crippen LogP contribution is 2.36. The Morgan fingerprint density at radius 2 is 1.78 bits per heavy atom. The fraction of sp³-hybridized carbons (Fsp3) is 0.333. The zero-order valence-electron chi connectivity index (χ0n) is 15.3. The van der Waals surface area contributed by atoms with E-state index in [1.54, 1.807) is 6.20 Å². The second-order valence-corrected chi connectivity index (χ2v) is 6.91. The average molecular weight is 364 g/mol. The van der Waals surface area contributed by atoms with Crippen LogP contribution in [0.25, 0.3) is 11.1 Å². The van der Waals surface area contributed by atoms with Gasteiger partial charge in [-0.1, -0.05) is 30.3 Å². The van der Waals surface area contributed by atoms with Gasteiger partial charge in [0, 0.05) is 51.0 Å². The Labute approximate surface area is 159 Å². The van der Waals surface area contributed by atoms with Crippen LogP contribution in [0.1, 0.15) is 11.1 Å². The number of fused-ring (bicyclic) bond motifs is 1. The molecule has 6 nitrogen and oxygen atoms in total. The molecule has 0 saturated carbocycles. The summed E-state index contributed by atoms with van der Waals surface area (Å²) < 4.78 is 0. The molecule has 2 aromatic rings. The Morgan fingerprint density at radius 3 is 2.52 bits per heavy atom. The van der Waals surface area contributed by atoms with Gasteiger partial charge in [0.05, 0.1) is 12.2 Å². The summed E-state index contributed by atoms with van der Waals surface area (Å²) in [5.41, 5.74) is 3.70. The first-order valence-corrected chi connectivity index (χ1v) is 9.37. The van der Waals surface area contributed by atoms with Crippen molar-refractivity contribution in [2.24, 2.45) is 0 Å². The molecule has 0 radical (unpaired) electrons. The van der Waals surface area contributed by atoms with E-state index in [9.17, 15) is 4.79 Å². The summed E-state index contributed by atoms with van der Waals surface area (Å²) in [7, 11) is 0. The molecule has 1 saturated heterocycles. The third kappa shape index (κ3) is 3.78. The standard InChI is InChI=1S/C21H24N4O2/c26-14-13-24-9-11-25(12-10-24)15-18(16-5-2-1-3-6-16)19-17-7-4-8-22-20(17)23-21(19)27/h1-8,26H,9-15H2,(H,22,23,27). The van der Waals surface area contributed by atoms with Crippen LogP contribution in [0.15, 0.2) is 48.7 Å². The fourth-order valence-electron chi connectivity index (χ4n) is 3.79. The van der Waals surface area contributed by atoms with Crippen LogP contribution in [0.5, 0.6) is 0 Å². The SMILES string of the molecule is O=C1Nc2ncccc2C1=C(CN1CCN(CCO)CC1)c1ccccc1. The number of anilines is 1. The number of aliphatic hydroxyl groups excluding tert-OH is 1. The number of hydrogen-bond donors (Lipinski definition) is 2. The molecule has 140 valence electrons. The summed E-state index contributed by atoms with van der Waals surface area (Å²) in [5, 5.41) is 12.0. The van der Waals surface area contributed by atoms with Crippen molar-refractivity contribution in [3.8, 4) is 0 Å². The maximum Gasteiger partial charge on any atom is 0.257 e. The smallest absolute Gasteiger partial charge is 0.257 e. The molecule has 2 N–H and O–H groups in total. The van der Waals surface area contributed by atoms with Gasteiger partial charge in [0.15, 0.2) is 0 Å². The first-order valence-electron chi connectivity index (χ1n) is 9.37. The highest BCUT2D eigenvalue weighted by Gasteiger charge is 2.30. The second kappa shape index (κ2) is 8.00. The fourth-order valence-corrected chi connectivity index (χ4v) is 3.79. The van der Waals surface area contributed by atoms with E-state index >= 15 is 0 Å². The van der Waals surface area contributed by atoms with Crippen LogP contribution < -0.4 is 5.32 Å². The molecule has 2 aliphatic rings. The first-order chi connectivity index (χ1) is 13.3. The van der Waals surface area contributed by atoms with Gasteiger partial charge in [0.25, 0.3) is 5.91 Å². The molecule has 2 aliphatic heterocycles. The molecule has 4 rings (SSSR count). The molecule has 0 spiro atoms. The number of pyridine rings is 1. The van der Waals surface area contributed by atoms with E-state index in [-0.39, 0.29) is 12.5 Å². The van der Waals surface area contributed by atoms with Crippen molar-refractivity contribution < 1.29 is 9.90 Å². The quantitative estimate of drug-likeness (QED) is 0.788. The van der Waals surface area contributed by atoms with Crippen LogP contribution in [-0.4, -0.2) is 71.7 Å². The van der Waals surface area contributed by atoms with Gasteiger partial charge in [-0.05, 0) is 23.3 Å². The summed E-state index contributed by atoms with van der Waals surface area (Å²) >= 11 is 0. The lowest BCUT2D eigenvalue weighted by atomic mass is 9.95. The largest absolute Gasteiger partial charge is 0.395 e. The lowest BCUT2D eigenvalue weighted by Gasteiger charge is -2.35. The van der Waals surface area contributed by atoms with Gasteiger partial charge in [-0.2, -0.15) is 0 Å². The van der Waals surface area contributed by atoms with E-state index in [1.807, 2.05) is 30.3 Å². The Kier molecular flexibility index (Phi) is 5.29. The van der Waals surface area contributed by atoms with Crippen molar-refractivity contribution >= 4 is 22.9 Å². The van der Waals surface area contributed by atoms with Crippen LogP contribution in [0, 0.1) is 0 Å². The summed E-state index contributed by atoms with van der Waals surface area (Å²) in [5.74, 6) is 0.556. The number of nitrogens with zero attached hydrogens (tertiary/aromatic N) is 3. The summed E-state index contributed by atoms with van der Waals surface area (Å²) in [4.78, 5) is 21.7. The Balaban J connectivity index is 1.67. The van der Waals surface area contributed by atoms with E-state index in [0.717, 1.165) is 55.0 Å². The maximum absolute atomic E-state index is 12.8. The molecule has 27 heavy (non-hydrogen) atoms. The molecule has 3 heterocycles. The Hall–Kier alpha value is -2.54. The lowest BCUT2D eigenvalue weighted by Crippen LogP contribution is -2.47.